The molecule has 2 rings (SSSR count). The van der Waals surface area contributed by atoms with Crippen molar-refractivity contribution in [2.24, 2.45) is 0 Å². The topological polar surface area (TPSA) is 20.2 Å². The van der Waals surface area contributed by atoms with E-state index in [1.54, 1.807) is 23.1 Å². The van der Waals surface area contributed by atoms with E-state index in [1.807, 2.05) is 13.0 Å². The number of thiophene rings is 1. The Kier molecular flexibility index (Phi) is 2.22. The Balaban J connectivity index is 2.76. The molecule has 0 aliphatic rings. The Bertz CT molecular complexity index is 445. The van der Waals surface area contributed by atoms with Gasteiger partial charge >= 0.3 is 0 Å². The molecule has 0 amide bonds. The number of aryl methyl sites for hydroxylation is 1. The second-order valence-electron chi connectivity index (χ2n) is 2.92. The molecule has 2 aromatic rings. The summed E-state index contributed by atoms with van der Waals surface area (Å²) in [5.41, 5.74) is 0.946. The average Bonchev–Trinajstić information content (AvgIpc) is 2.55. The zero-order valence-electron chi connectivity index (χ0n) is 7.50. The minimum atomic E-state index is 0.433. The maximum atomic E-state index is 9.77. The standard InChI is InChI=1S/C10H10OS2/c1-6-3-4-7-5-8(12-2)13-10(7)9(6)11/h3-5,11H,1-2H3. The highest BCUT2D eigenvalue weighted by atomic mass is 32.2. The number of rotatable bonds is 1. The Morgan fingerprint density at radius 1 is 1.38 bits per heavy atom. The molecule has 13 heavy (non-hydrogen) atoms. The lowest BCUT2D eigenvalue weighted by molar-refractivity contribution is 0.478. The van der Waals surface area contributed by atoms with Gasteiger partial charge in [-0.15, -0.1) is 23.1 Å². The van der Waals surface area contributed by atoms with Gasteiger partial charge in [0.25, 0.3) is 0 Å². The van der Waals surface area contributed by atoms with Crippen molar-refractivity contribution in [2.45, 2.75) is 11.1 Å². The van der Waals surface area contributed by atoms with Crippen molar-refractivity contribution < 1.29 is 5.11 Å². The molecule has 0 bridgehead atoms. The number of fused-ring (bicyclic) bond motifs is 1. The van der Waals surface area contributed by atoms with Gasteiger partial charge in [-0.25, -0.2) is 0 Å². The lowest BCUT2D eigenvalue weighted by Crippen LogP contribution is -1.72. The summed E-state index contributed by atoms with van der Waals surface area (Å²) in [6, 6.07) is 6.12. The monoisotopic (exact) mass is 210 g/mol. The van der Waals surface area contributed by atoms with Gasteiger partial charge in [0.15, 0.2) is 0 Å². The number of hydrogen-bond acceptors (Lipinski definition) is 3. The number of hydrogen-bond donors (Lipinski definition) is 1. The highest BCUT2D eigenvalue weighted by Crippen LogP contribution is 2.38. The van der Waals surface area contributed by atoms with E-state index in [0.29, 0.717) is 5.75 Å². The van der Waals surface area contributed by atoms with Gasteiger partial charge in [0.05, 0.1) is 8.91 Å². The molecule has 0 saturated heterocycles. The first kappa shape index (κ1) is 8.91. The van der Waals surface area contributed by atoms with Crippen molar-refractivity contribution in [3.8, 4) is 5.75 Å². The number of aromatic hydroxyl groups is 1. The zero-order valence-corrected chi connectivity index (χ0v) is 9.13. The molecule has 0 unspecified atom stereocenters. The third-order valence-corrected chi connectivity index (χ3v) is 4.26. The van der Waals surface area contributed by atoms with Crippen molar-refractivity contribution in [1.82, 2.24) is 0 Å². The molecule has 1 aromatic carbocycles. The van der Waals surface area contributed by atoms with Crippen LogP contribution in [0.3, 0.4) is 0 Å². The molecule has 0 saturated carbocycles. The molecular formula is C10H10OS2. The fourth-order valence-electron chi connectivity index (χ4n) is 1.26. The molecule has 1 N–H and O–H groups in total. The molecular weight excluding hydrogens is 200 g/mol. The first-order valence-electron chi connectivity index (χ1n) is 3.98. The zero-order chi connectivity index (χ0) is 9.42. The van der Waals surface area contributed by atoms with Crippen LogP contribution in [0.4, 0.5) is 0 Å². The predicted molar refractivity (Wildman–Crippen MR) is 60.0 cm³/mol. The molecule has 3 heteroatoms. The van der Waals surface area contributed by atoms with Gasteiger partial charge in [0.2, 0.25) is 0 Å². The van der Waals surface area contributed by atoms with E-state index in [0.717, 1.165) is 15.6 Å². The Morgan fingerprint density at radius 3 is 2.85 bits per heavy atom. The summed E-state index contributed by atoms with van der Waals surface area (Å²) in [5, 5.41) is 10.9. The van der Waals surface area contributed by atoms with Gasteiger partial charge in [-0.1, -0.05) is 12.1 Å². The highest BCUT2D eigenvalue weighted by molar-refractivity contribution is 8.00. The van der Waals surface area contributed by atoms with Crippen LogP contribution in [-0.4, -0.2) is 11.4 Å². The SMILES string of the molecule is CSc1cc2ccc(C)c(O)c2s1. The highest BCUT2D eigenvalue weighted by Gasteiger charge is 2.06. The summed E-state index contributed by atoms with van der Waals surface area (Å²) in [6.45, 7) is 1.92. The van der Waals surface area contributed by atoms with Crippen molar-refractivity contribution in [1.29, 1.82) is 0 Å². The van der Waals surface area contributed by atoms with Crippen molar-refractivity contribution in [3.05, 3.63) is 23.8 Å². The van der Waals surface area contributed by atoms with Crippen LogP contribution >= 0.6 is 23.1 Å². The maximum absolute atomic E-state index is 9.77. The Hall–Kier alpha value is -0.670. The quantitative estimate of drug-likeness (QED) is 0.725. The first-order chi connectivity index (χ1) is 6.22. The molecule has 0 spiro atoms. The van der Waals surface area contributed by atoms with Gasteiger partial charge in [-0.05, 0) is 30.2 Å². The van der Waals surface area contributed by atoms with Crippen molar-refractivity contribution >= 4 is 33.2 Å². The summed E-state index contributed by atoms with van der Waals surface area (Å²) in [6.07, 6.45) is 2.05. The number of phenolic OH excluding ortho intramolecular Hbond substituents is 1. The van der Waals surface area contributed by atoms with Crippen LogP contribution in [0, 0.1) is 6.92 Å². The first-order valence-corrected chi connectivity index (χ1v) is 6.02. The molecule has 0 aliphatic carbocycles. The summed E-state index contributed by atoms with van der Waals surface area (Å²) < 4.78 is 2.25. The molecule has 1 heterocycles. The normalized spacial score (nSPS) is 10.9. The van der Waals surface area contributed by atoms with Crippen LogP contribution in [0.1, 0.15) is 5.56 Å². The average molecular weight is 210 g/mol. The van der Waals surface area contributed by atoms with E-state index >= 15 is 0 Å². The van der Waals surface area contributed by atoms with Gasteiger partial charge in [0, 0.05) is 0 Å². The lowest BCUT2D eigenvalue weighted by Gasteiger charge is -1.97. The molecule has 0 aliphatic heterocycles. The Morgan fingerprint density at radius 2 is 2.15 bits per heavy atom. The third kappa shape index (κ3) is 1.42. The summed E-state index contributed by atoms with van der Waals surface area (Å²) in [7, 11) is 0. The number of benzene rings is 1. The van der Waals surface area contributed by atoms with Crippen LogP contribution in [0.5, 0.6) is 5.75 Å². The lowest BCUT2D eigenvalue weighted by atomic mass is 10.2. The van der Waals surface area contributed by atoms with E-state index < -0.39 is 0 Å². The minimum Gasteiger partial charge on any atom is -0.506 e. The molecule has 0 radical (unpaired) electrons. The fourth-order valence-corrected chi connectivity index (χ4v) is 2.98. The van der Waals surface area contributed by atoms with Gasteiger partial charge in [-0.3, -0.25) is 0 Å². The second kappa shape index (κ2) is 3.24. The third-order valence-electron chi connectivity index (χ3n) is 2.04. The summed E-state index contributed by atoms with van der Waals surface area (Å²) in [5.74, 6) is 0.433. The smallest absolute Gasteiger partial charge is 0.136 e. The van der Waals surface area contributed by atoms with E-state index in [2.05, 4.69) is 18.4 Å². The second-order valence-corrected chi connectivity index (χ2v) is 5.08. The van der Waals surface area contributed by atoms with Crippen LogP contribution in [0.15, 0.2) is 22.4 Å². The number of thioether (sulfide) groups is 1. The van der Waals surface area contributed by atoms with Gasteiger partial charge in [-0.2, -0.15) is 0 Å². The van der Waals surface area contributed by atoms with E-state index in [1.165, 1.54) is 4.21 Å². The Labute approximate surface area is 85.4 Å². The van der Waals surface area contributed by atoms with Crippen LogP contribution in [0.2, 0.25) is 0 Å². The van der Waals surface area contributed by atoms with E-state index in [-0.39, 0.29) is 0 Å². The van der Waals surface area contributed by atoms with Crippen molar-refractivity contribution in [3.63, 3.8) is 0 Å². The predicted octanol–water partition coefficient (Wildman–Crippen LogP) is 3.64. The molecule has 0 fully saturated rings. The molecule has 0 atom stereocenters. The van der Waals surface area contributed by atoms with E-state index in [9.17, 15) is 5.11 Å². The molecule has 68 valence electrons. The minimum absolute atomic E-state index is 0.433. The van der Waals surface area contributed by atoms with Gasteiger partial charge in [0.1, 0.15) is 5.75 Å². The maximum Gasteiger partial charge on any atom is 0.136 e. The fraction of sp³-hybridized carbons (Fsp3) is 0.200. The largest absolute Gasteiger partial charge is 0.506 e. The van der Waals surface area contributed by atoms with E-state index in [4.69, 9.17) is 0 Å². The summed E-state index contributed by atoms with van der Waals surface area (Å²) >= 11 is 3.37. The summed E-state index contributed by atoms with van der Waals surface area (Å²) in [4.78, 5) is 0. The number of phenols is 1. The molecule has 1 aromatic heterocycles. The van der Waals surface area contributed by atoms with Crippen LogP contribution in [-0.2, 0) is 0 Å². The molecule has 1 nitrogen and oxygen atoms in total. The van der Waals surface area contributed by atoms with Crippen molar-refractivity contribution in [2.75, 3.05) is 6.26 Å². The van der Waals surface area contributed by atoms with Crippen LogP contribution in [0.25, 0.3) is 10.1 Å². The van der Waals surface area contributed by atoms with Crippen LogP contribution < -0.4 is 0 Å². The van der Waals surface area contributed by atoms with Gasteiger partial charge < -0.3 is 5.11 Å².